The smallest absolute Gasteiger partial charge is 0.306 e. The minimum Gasteiger partial charge on any atom is -0.462 e. The minimum atomic E-state index is -0.793. The first-order valence-electron chi connectivity index (χ1n) is 32.4. The van der Waals surface area contributed by atoms with E-state index in [0.29, 0.717) is 19.3 Å². The molecule has 1 atom stereocenters. The summed E-state index contributed by atoms with van der Waals surface area (Å²) < 4.78 is 16.9. The fraction of sp³-hybridized carbons (Fsp3) is 0.704. The third kappa shape index (κ3) is 62.8. The maximum atomic E-state index is 12.9. The topological polar surface area (TPSA) is 78.9 Å². The molecule has 0 amide bonds. The predicted molar refractivity (Wildman–Crippen MR) is 334 cm³/mol. The lowest BCUT2D eigenvalue weighted by molar-refractivity contribution is -0.167. The largest absolute Gasteiger partial charge is 0.462 e. The summed E-state index contributed by atoms with van der Waals surface area (Å²) in [6, 6.07) is 0. The van der Waals surface area contributed by atoms with E-state index < -0.39 is 6.10 Å². The Hall–Kier alpha value is -3.93. The van der Waals surface area contributed by atoms with Gasteiger partial charge in [0.2, 0.25) is 0 Å². The number of esters is 3. The first-order valence-corrected chi connectivity index (χ1v) is 32.4. The van der Waals surface area contributed by atoms with E-state index >= 15 is 0 Å². The van der Waals surface area contributed by atoms with E-state index in [4.69, 9.17) is 14.2 Å². The van der Waals surface area contributed by atoms with Crippen LogP contribution in [0.15, 0.2) is 109 Å². The molecule has 0 aromatic heterocycles. The van der Waals surface area contributed by atoms with E-state index in [0.717, 1.165) is 116 Å². The Kier molecular flexibility index (Phi) is 61.3. The normalized spacial score (nSPS) is 12.8. The van der Waals surface area contributed by atoms with Crippen LogP contribution in [0.4, 0.5) is 0 Å². The van der Waals surface area contributed by atoms with Crippen molar-refractivity contribution in [2.24, 2.45) is 0 Å². The molecule has 0 aromatic rings. The molecule has 0 bridgehead atoms. The molecule has 6 heteroatoms. The van der Waals surface area contributed by atoms with Crippen LogP contribution in [-0.2, 0) is 28.6 Å². The third-order valence-electron chi connectivity index (χ3n) is 13.8. The lowest BCUT2D eigenvalue weighted by Crippen LogP contribution is -2.30. The van der Waals surface area contributed by atoms with Gasteiger partial charge >= 0.3 is 17.9 Å². The van der Waals surface area contributed by atoms with Crippen molar-refractivity contribution in [2.75, 3.05) is 13.2 Å². The van der Waals surface area contributed by atoms with Crippen LogP contribution in [0.2, 0.25) is 0 Å². The Bertz CT molecular complexity index is 1560. The van der Waals surface area contributed by atoms with Crippen molar-refractivity contribution >= 4 is 17.9 Å². The van der Waals surface area contributed by atoms with Gasteiger partial charge in [-0.3, -0.25) is 14.4 Å². The van der Waals surface area contributed by atoms with Crippen LogP contribution in [0, 0.1) is 0 Å². The molecule has 0 radical (unpaired) electrons. The summed E-state index contributed by atoms with van der Waals surface area (Å²) in [7, 11) is 0. The minimum absolute atomic E-state index is 0.0879. The maximum absolute atomic E-state index is 12.9. The molecule has 1 unspecified atom stereocenters. The highest BCUT2D eigenvalue weighted by Gasteiger charge is 2.19. The Morgan fingerprint density at radius 1 is 0.273 bits per heavy atom. The van der Waals surface area contributed by atoms with E-state index in [1.165, 1.54) is 148 Å². The van der Waals surface area contributed by atoms with E-state index in [1.807, 2.05) is 0 Å². The number of ether oxygens (including phenoxy) is 3. The molecular formula is C71H120O6. The lowest BCUT2D eigenvalue weighted by Gasteiger charge is -2.18. The van der Waals surface area contributed by atoms with Crippen molar-refractivity contribution in [1.29, 1.82) is 0 Å². The number of unbranched alkanes of at least 4 members (excludes halogenated alkanes) is 29. The van der Waals surface area contributed by atoms with Crippen LogP contribution in [0.5, 0.6) is 0 Å². The highest BCUT2D eigenvalue weighted by molar-refractivity contribution is 5.71. The van der Waals surface area contributed by atoms with Crippen molar-refractivity contribution in [3.8, 4) is 0 Å². The fourth-order valence-electron chi connectivity index (χ4n) is 8.92. The van der Waals surface area contributed by atoms with Gasteiger partial charge in [0.15, 0.2) is 6.10 Å². The molecule has 440 valence electrons. The average Bonchev–Trinajstić information content (AvgIpc) is 3.43. The van der Waals surface area contributed by atoms with Crippen LogP contribution < -0.4 is 0 Å². The second-order valence-corrected chi connectivity index (χ2v) is 21.3. The van der Waals surface area contributed by atoms with Gasteiger partial charge < -0.3 is 14.2 Å². The number of carbonyl (C=O) groups excluding carboxylic acids is 3. The molecule has 0 saturated heterocycles. The second-order valence-electron chi connectivity index (χ2n) is 21.3. The fourth-order valence-corrected chi connectivity index (χ4v) is 8.92. The van der Waals surface area contributed by atoms with Gasteiger partial charge in [0.1, 0.15) is 13.2 Å². The Balaban J connectivity index is 4.29. The SMILES string of the molecule is CC/C=C\C/C=C\C/C=C\C/C=C\C/C=C\C/C=C\C/C=C\CCCCCC(=O)OCC(COC(=O)CCCCCCCCCCC)OC(=O)CCCCCCCCCCCCCCC/C=C\C/C=C\CCCCCCC. The Labute approximate surface area is 476 Å². The van der Waals surface area contributed by atoms with Gasteiger partial charge in [-0.15, -0.1) is 0 Å². The zero-order chi connectivity index (χ0) is 55.7. The van der Waals surface area contributed by atoms with Gasteiger partial charge in [0.25, 0.3) is 0 Å². The molecule has 0 aliphatic carbocycles. The molecule has 0 rings (SSSR count). The van der Waals surface area contributed by atoms with E-state index in [2.05, 4.69) is 130 Å². The lowest BCUT2D eigenvalue weighted by atomic mass is 10.0. The highest BCUT2D eigenvalue weighted by atomic mass is 16.6. The molecule has 77 heavy (non-hydrogen) atoms. The van der Waals surface area contributed by atoms with Gasteiger partial charge in [-0.25, -0.2) is 0 Å². The van der Waals surface area contributed by atoms with Gasteiger partial charge in [0, 0.05) is 19.3 Å². The number of rotatable bonds is 58. The first kappa shape index (κ1) is 73.1. The van der Waals surface area contributed by atoms with Gasteiger partial charge in [-0.1, -0.05) is 284 Å². The first-order chi connectivity index (χ1) is 38.0. The van der Waals surface area contributed by atoms with Crippen LogP contribution in [-0.4, -0.2) is 37.2 Å². The molecule has 0 N–H and O–H groups in total. The van der Waals surface area contributed by atoms with Gasteiger partial charge in [-0.2, -0.15) is 0 Å². The molecule has 0 spiro atoms. The summed E-state index contributed by atoms with van der Waals surface area (Å²) in [4.78, 5) is 38.2. The molecule has 0 aliphatic heterocycles. The molecule has 0 aliphatic rings. The maximum Gasteiger partial charge on any atom is 0.306 e. The molecule has 0 fully saturated rings. The summed E-state index contributed by atoms with van der Waals surface area (Å²) in [6.07, 6.45) is 88.2. The summed E-state index contributed by atoms with van der Waals surface area (Å²) >= 11 is 0. The van der Waals surface area contributed by atoms with Gasteiger partial charge in [0.05, 0.1) is 0 Å². The standard InChI is InChI=1S/C71H120O6/c1-4-7-10-13-16-19-21-23-25-27-29-31-33-35-37-39-41-43-45-47-49-52-55-58-61-64-70(73)76-67-68(66-75-69(72)63-60-57-54-51-18-15-12-9-6-3)77-71(74)65-62-59-56-53-50-48-46-44-42-40-38-36-34-32-30-28-26-24-22-20-17-14-11-8-5-2/h7,10,16,19,22-25,28-31,35,37,41,43,47,49,68H,4-6,8-9,11-15,17-18,20-21,26-27,32-34,36,38-40,42,44-46,48,50-67H2,1-3H3/b10-7-,19-16-,24-22-,25-23-,30-28-,31-29-,37-35-,43-41-,49-47-. The average molecular weight is 1070 g/mol. The van der Waals surface area contributed by atoms with Crippen molar-refractivity contribution in [1.82, 2.24) is 0 Å². The van der Waals surface area contributed by atoms with Crippen molar-refractivity contribution in [3.05, 3.63) is 109 Å². The molecule has 0 aromatic carbocycles. The van der Waals surface area contributed by atoms with Crippen molar-refractivity contribution < 1.29 is 28.6 Å². The zero-order valence-electron chi connectivity index (χ0n) is 50.4. The molecule has 0 saturated carbocycles. The predicted octanol–water partition coefficient (Wildman–Crippen LogP) is 22.2. The van der Waals surface area contributed by atoms with E-state index in [9.17, 15) is 14.4 Å². The molecular weight excluding hydrogens is 949 g/mol. The monoisotopic (exact) mass is 1070 g/mol. The van der Waals surface area contributed by atoms with Gasteiger partial charge in [-0.05, 0) is 109 Å². The third-order valence-corrected chi connectivity index (χ3v) is 13.8. The second kappa shape index (κ2) is 64.6. The quantitative estimate of drug-likeness (QED) is 0.0261. The van der Waals surface area contributed by atoms with Crippen LogP contribution >= 0.6 is 0 Å². The highest BCUT2D eigenvalue weighted by Crippen LogP contribution is 2.16. The number of allylic oxidation sites excluding steroid dienone is 18. The van der Waals surface area contributed by atoms with Crippen LogP contribution in [0.25, 0.3) is 0 Å². The Morgan fingerprint density at radius 3 is 0.805 bits per heavy atom. The van der Waals surface area contributed by atoms with Crippen molar-refractivity contribution in [3.63, 3.8) is 0 Å². The number of carbonyl (C=O) groups is 3. The van der Waals surface area contributed by atoms with Crippen LogP contribution in [0.3, 0.4) is 0 Å². The summed E-state index contributed by atoms with van der Waals surface area (Å²) in [5, 5.41) is 0. The summed E-state index contributed by atoms with van der Waals surface area (Å²) in [6.45, 7) is 6.49. The number of hydrogen-bond acceptors (Lipinski definition) is 6. The van der Waals surface area contributed by atoms with Crippen LogP contribution in [0.1, 0.15) is 303 Å². The van der Waals surface area contributed by atoms with E-state index in [1.54, 1.807) is 0 Å². The summed E-state index contributed by atoms with van der Waals surface area (Å²) in [5.41, 5.74) is 0. The Morgan fingerprint density at radius 2 is 0.506 bits per heavy atom. The zero-order valence-corrected chi connectivity index (χ0v) is 50.4. The van der Waals surface area contributed by atoms with Crippen molar-refractivity contribution in [2.45, 2.75) is 309 Å². The summed E-state index contributed by atoms with van der Waals surface area (Å²) in [5.74, 6) is -0.919. The number of hydrogen-bond donors (Lipinski definition) is 0. The molecule has 0 heterocycles. The molecule has 6 nitrogen and oxygen atoms in total. The van der Waals surface area contributed by atoms with E-state index in [-0.39, 0.29) is 31.1 Å².